The minimum Gasteiger partial charge on any atom is -0.342 e. The zero-order valence-electron chi connectivity index (χ0n) is 9.29. The fraction of sp³-hybridized carbons (Fsp3) is 0. The third kappa shape index (κ3) is 1.40. The van der Waals surface area contributed by atoms with Crippen molar-refractivity contribution < 1.29 is 20.1 Å². The maximum absolute atomic E-state index is 4.47. The summed E-state index contributed by atoms with van der Waals surface area (Å²) in [5, 5.41) is 2.15. The largest absolute Gasteiger partial charge is 0.342 e. The maximum Gasteiger partial charge on any atom is 0.0911 e. The number of fused-ring (bicyclic) bond motifs is 6. The fourth-order valence-electron chi connectivity index (χ4n) is 2.32. The molecule has 4 rings (SSSR count). The first-order chi connectivity index (χ1) is 8.45. The molecule has 89 valence electrons. The Labute approximate surface area is 117 Å². The predicted molar refractivity (Wildman–Crippen MR) is 66.8 cm³/mol. The molecule has 0 amide bonds. The molecule has 4 aromatic rings. The molecule has 0 saturated carbocycles. The number of rotatable bonds is 0. The van der Waals surface area contributed by atoms with Crippen LogP contribution < -0.4 is 0 Å². The number of nitrogens with zero attached hydrogens (tertiary/aromatic N) is 3. The minimum absolute atomic E-state index is 0. The Balaban J connectivity index is 0.000001000. The molecule has 3 heterocycles. The van der Waals surface area contributed by atoms with Crippen LogP contribution in [0.25, 0.3) is 27.3 Å². The third-order valence-corrected chi connectivity index (χ3v) is 3.05. The van der Waals surface area contributed by atoms with Crippen molar-refractivity contribution in [1.82, 2.24) is 14.4 Å². The van der Waals surface area contributed by atoms with Gasteiger partial charge in [0.25, 0.3) is 0 Å². The average Bonchev–Trinajstić information content (AvgIpc) is 2.89. The Hall–Kier alpha value is -1.77. The number of pyridine rings is 2. The molecule has 0 unspecified atom stereocenters. The zero-order chi connectivity index (χ0) is 11.2. The van der Waals surface area contributed by atoms with Crippen molar-refractivity contribution in [3.8, 4) is 0 Å². The van der Waals surface area contributed by atoms with E-state index >= 15 is 0 Å². The second-order valence-corrected chi connectivity index (χ2v) is 3.98. The van der Waals surface area contributed by atoms with E-state index in [-0.39, 0.29) is 20.1 Å². The minimum atomic E-state index is 0. The van der Waals surface area contributed by atoms with Crippen molar-refractivity contribution in [2.75, 3.05) is 0 Å². The van der Waals surface area contributed by atoms with Crippen LogP contribution in [0, 0.1) is 6.07 Å². The van der Waals surface area contributed by atoms with Gasteiger partial charge in [0.05, 0.1) is 18.0 Å². The van der Waals surface area contributed by atoms with E-state index in [4.69, 9.17) is 0 Å². The Morgan fingerprint density at radius 3 is 3.00 bits per heavy atom. The summed E-state index contributed by atoms with van der Waals surface area (Å²) in [6.07, 6.45) is 5.52. The van der Waals surface area contributed by atoms with Crippen molar-refractivity contribution in [2.45, 2.75) is 0 Å². The molecule has 18 heavy (non-hydrogen) atoms. The van der Waals surface area contributed by atoms with E-state index in [0.29, 0.717) is 0 Å². The molecule has 3 nitrogen and oxygen atoms in total. The SMILES string of the molecule is [Ir].[c-]1cccc2c1c1ncccc1c1cncn21. The Kier molecular flexibility index (Phi) is 2.62. The first kappa shape index (κ1) is 11.3. The van der Waals surface area contributed by atoms with Crippen molar-refractivity contribution in [3.63, 3.8) is 0 Å². The molecular formula is C14H8IrN3-. The molecule has 0 aliphatic heterocycles. The summed E-state index contributed by atoms with van der Waals surface area (Å²) in [6, 6.07) is 13.2. The van der Waals surface area contributed by atoms with E-state index in [1.165, 1.54) is 0 Å². The van der Waals surface area contributed by atoms with Gasteiger partial charge in [0.2, 0.25) is 0 Å². The summed E-state index contributed by atoms with van der Waals surface area (Å²) in [7, 11) is 0. The number of hydrogen-bond acceptors (Lipinski definition) is 2. The van der Waals surface area contributed by atoms with Crippen LogP contribution in [0.2, 0.25) is 0 Å². The van der Waals surface area contributed by atoms with Crippen LogP contribution in [0.15, 0.2) is 49.1 Å². The van der Waals surface area contributed by atoms with Gasteiger partial charge in [-0.2, -0.15) is 0 Å². The topological polar surface area (TPSA) is 30.2 Å². The normalized spacial score (nSPS) is 10.9. The van der Waals surface area contributed by atoms with E-state index in [1.807, 2.05) is 36.9 Å². The maximum atomic E-state index is 4.47. The Morgan fingerprint density at radius 2 is 2.06 bits per heavy atom. The van der Waals surface area contributed by atoms with Crippen LogP contribution >= 0.6 is 0 Å². The third-order valence-electron chi connectivity index (χ3n) is 3.05. The number of imidazole rings is 1. The smallest absolute Gasteiger partial charge is 0.0911 e. The van der Waals surface area contributed by atoms with Crippen LogP contribution in [0.5, 0.6) is 0 Å². The molecule has 0 atom stereocenters. The summed E-state index contributed by atoms with van der Waals surface area (Å²) in [6.45, 7) is 0. The number of hydrogen-bond donors (Lipinski definition) is 0. The van der Waals surface area contributed by atoms with Crippen molar-refractivity contribution in [3.05, 3.63) is 55.1 Å². The molecule has 1 radical (unpaired) electrons. The van der Waals surface area contributed by atoms with Gasteiger partial charge >= 0.3 is 0 Å². The number of aromatic nitrogens is 3. The van der Waals surface area contributed by atoms with Crippen LogP contribution in [0.4, 0.5) is 0 Å². The Bertz CT molecular complexity index is 781. The zero-order valence-corrected chi connectivity index (χ0v) is 11.7. The summed E-state index contributed by atoms with van der Waals surface area (Å²) in [4.78, 5) is 8.69. The van der Waals surface area contributed by atoms with E-state index in [0.717, 1.165) is 27.3 Å². The summed E-state index contributed by atoms with van der Waals surface area (Å²) in [5.41, 5.74) is 3.16. The second-order valence-electron chi connectivity index (χ2n) is 3.98. The quantitative estimate of drug-likeness (QED) is 0.330. The van der Waals surface area contributed by atoms with Gasteiger partial charge in [0.15, 0.2) is 0 Å². The average molecular weight is 410 g/mol. The van der Waals surface area contributed by atoms with Gasteiger partial charge in [-0.05, 0) is 22.5 Å². The van der Waals surface area contributed by atoms with E-state index in [9.17, 15) is 0 Å². The van der Waals surface area contributed by atoms with Crippen LogP contribution in [-0.4, -0.2) is 14.4 Å². The predicted octanol–water partition coefficient (Wildman–Crippen LogP) is 2.83. The van der Waals surface area contributed by atoms with Gasteiger partial charge in [-0.1, -0.05) is 6.07 Å². The molecule has 1 aromatic carbocycles. The molecule has 4 heteroatoms. The van der Waals surface area contributed by atoms with Crippen LogP contribution in [0.1, 0.15) is 0 Å². The monoisotopic (exact) mass is 411 g/mol. The van der Waals surface area contributed by atoms with E-state index in [1.54, 1.807) is 0 Å². The van der Waals surface area contributed by atoms with Gasteiger partial charge in [0.1, 0.15) is 0 Å². The molecule has 0 N–H and O–H groups in total. The molecule has 0 bridgehead atoms. The van der Waals surface area contributed by atoms with Gasteiger partial charge in [-0.3, -0.25) is 0 Å². The van der Waals surface area contributed by atoms with Gasteiger partial charge in [-0.15, -0.1) is 29.7 Å². The molecule has 3 aromatic heterocycles. The van der Waals surface area contributed by atoms with Crippen molar-refractivity contribution in [1.29, 1.82) is 0 Å². The Morgan fingerprint density at radius 1 is 1.11 bits per heavy atom. The molecule has 0 aliphatic rings. The first-order valence-corrected chi connectivity index (χ1v) is 5.44. The van der Waals surface area contributed by atoms with Gasteiger partial charge in [-0.25, -0.2) is 4.98 Å². The molecule has 0 saturated heterocycles. The first-order valence-electron chi connectivity index (χ1n) is 5.44. The molecule has 0 fully saturated rings. The fourth-order valence-corrected chi connectivity index (χ4v) is 2.32. The summed E-state index contributed by atoms with van der Waals surface area (Å²) in [5.74, 6) is 0. The van der Waals surface area contributed by atoms with E-state index < -0.39 is 0 Å². The second kappa shape index (κ2) is 4.16. The van der Waals surface area contributed by atoms with Crippen LogP contribution in [-0.2, 0) is 20.1 Å². The van der Waals surface area contributed by atoms with Crippen molar-refractivity contribution in [2.24, 2.45) is 0 Å². The van der Waals surface area contributed by atoms with Gasteiger partial charge in [0, 0.05) is 26.3 Å². The summed E-state index contributed by atoms with van der Waals surface area (Å²) >= 11 is 0. The number of benzene rings is 1. The van der Waals surface area contributed by atoms with Crippen molar-refractivity contribution >= 4 is 27.3 Å². The molecule has 0 spiro atoms. The standard InChI is InChI=1S/C14H8N3.Ir/c1-2-6-12-10(4-1)14-11(5-3-7-16-14)13-8-15-9-17(12)13;/h1-3,5-9H;/q-1;. The van der Waals surface area contributed by atoms with Crippen LogP contribution in [0.3, 0.4) is 0 Å². The summed E-state index contributed by atoms with van der Waals surface area (Å²) < 4.78 is 2.08. The molecular weight excluding hydrogens is 402 g/mol. The van der Waals surface area contributed by atoms with E-state index in [2.05, 4.69) is 32.6 Å². The van der Waals surface area contributed by atoms with Gasteiger partial charge < -0.3 is 9.38 Å². The molecule has 0 aliphatic carbocycles.